The van der Waals surface area contributed by atoms with E-state index in [4.69, 9.17) is 0 Å². The first-order valence-corrected chi connectivity index (χ1v) is 6.05. The van der Waals surface area contributed by atoms with Gasteiger partial charge in [0, 0.05) is 16.8 Å². The van der Waals surface area contributed by atoms with E-state index in [9.17, 15) is 9.59 Å². The minimum atomic E-state index is -0.157. The van der Waals surface area contributed by atoms with Crippen molar-refractivity contribution in [3.63, 3.8) is 0 Å². The van der Waals surface area contributed by atoms with Crippen molar-refractivity contribution in [3.05, 3.63) is 65.2 Å². The van der Waals surface area contributed by atoms with Crippen LogP contribution in [0.25, 0.3) is 0 Å². The summed E-state index contributed by atoms with van der Waals surface area (Å²) in [6.07, 6.45) is 0. The number of carbonyl (C=O) groups is 2. The van der Waals surface area contributed by atoms with E-state index in [2.05, 4.69) is 5.32 Å². The van der Waals surface area contributed by atoms with Gasteiger partial charge in [0.1, 0.15) is 0 Å². The number of rotatable bonds is 3. The highest BCUT2D eigenvalue weighted by Crippen LogP contribution is 2.12. The lowest BCUT2D eigenvalue weighted by Crippen LogP contribution is -2.11. The Morgan fingerprint density at radius 2 is 1.37 bits per heavy atom. The Morgan fingerprint density at radius 1 is 0.842 bits per heavy atom. The molecular formula is C16H15NO2. The van der Waals surface area contributed by atoms with E-state index in [1.807, 2.05) is 19.1 Å². The summed E-state index contributed by atoms with van der Waals surface area (Å²) in [6.45, 7) is 3.49. The Morgan fingerprint density at radius 3 is 1.89 bits per heavy atom. The second-order valence-corrected chi connectivity index (χ2v) is 4.45. The number of anilines is 1. The molecule has 1 amide bonds. The smallest absolute Gasteiger partial charge is 0.255 e. The van der Waals surface area contributed by atoms with Gasteiger partial charge in [-0.15, -0.1) is 0 Å². The molecular weight excluding hydrogens is 238 g/mol. The maximum Gasteiger partial charge on any atom is 0.255 e. The van der Waals surface area contributed by atoms with Crippen LogP contribution in [0.1, 0.15) is 33.2 Å². The molecule has 2 aromatic rings. The number of benzene rings is 2. The first-order chi connectivity index (χ1) is 9.06. The summed E-state index contributed by atoms with van der Waals surface area (Å²) in [5.41, 5.74) is 3.03. The molecule has 0 aliphatic heterocycles. The molecule has 19 heavy (non-hydrogen) atoms. The summed E-state index contributed by atoms with van der Waals surface area (Å²) in [4.78, 5) is 23.1. The molecule has 0 bridgehead atoms. The number of carbonyl (C=O) groups excluding carboxylic acids is 2. The van der Waals surface area contributed by atoms with Gasteiger partial charge in [0.05, 0.1) is 0 Å². The molecule has 2 aromatic carbocycles. The zero-order valence-corrected chi connectivity index (χ0v) is 10.9. The molecule has 0 fully saturated rings. The number of nitrogens with one attached hydrogen (secondary N) is 1. The Hall–Kier alpha value is -2.42. The monoisotopic (exact) mass is 253 g/mol. The highest BCUT2D eigenvalue weighted by atomic mass is 16.1. The fraction of sp³-hybridized carbons (Fsp3) is 0.125. The number of ketones is 1. The van der Waals surface area contributed by atoms with Crippen LogP contribution in [-0.4, -0.2) is 11.7 Å². The van der Waals surface area contributed by atoms with E-state index < -0.39 is 0 Å². The second kappa shape index (κ2) is 5.48. The van der Waals surface area contributed by atoms with Gasteiger partial charge in [-0.3, -0.25) is 9.59 Å². The summed E-state index contributed by atoms with van der Waals surface area (Å²) in [7, 11) is 0. The number of hydrogen-bond acceptors (Lipinski definition) is 2. The van der Waals surface area contributed by atoms with Crippen molar-refractivity contribution in [1.29, 1.82) is 0 Å². The molecule has 0 unspecified atom stereocenters. The van der Waals surface area contributed by atoms with Crippen molar-refractivity contribution in [2.75, 3.05) is 5.32 Å². The lowest BCUT2D eigenvalue weighted by molar-refractivity contribution is 0.101. The third-order valence-electron chi connectivity index (χ3n) is 2.86. The molecule has 0 aliphatic rings. The van der Waals surface area contributed by atoms with Crippen LogP contribution in [-0.2, 0) is 0 Å². The van der Waals surface area contributed by atoms with E-state index in [1.165, 1.54) is 6.92 Å². The SMILES string of the molecule is CC(=O)c1ccc(NC(=O)c2ccc(C)cc2)cc1. The molecule has 1 N–H and O–H groups in total. The van der Waals surface area contributed by atoms with Crippen LogP contribution in [0.15, 0.2) is 48.5 Å². The fourth-order valence-electron chi connectivity index (χ4n) is 1.70. The summed E-state index contributed by atoms with van der Waals surface area (Å²) < 4.78 is 0. The van der Waals surface area contributed by atoms with Gasteiger partial charge in [0.25, 0.3) is 5.91 Å². The predicted molar refractivity (Wildman–Crippen MR) is 75.6 cm³/mol. The van der Waals surface area contributed by atoms with Crippen molar-refractivity contribution >= 4 is 17.4 Å². The Labute approximate surface area is 112 Å². The van der Waals surface area contributed by atoms with Gasteiger partial charge in [0.15, 0.2) is 5.78 Å². The van der Waals surface area contributed by atoms with Crippen LogP contribution in [0, 0.1) is 6.92 Å². The maximum atomic E-state index is 12.0. The predicted octanol–water partition coefficient (Wildman–Crippen LogP) is 3.45. The molecule has 3 heteroatoms. The number of Topliss-reactive ketones (excluding diaryl/α,β-unsaturated/α-hetero) is 1. The highest BCUT2D eigenvalue weighted by molar-refractivity contribution is 6.04. The quantitative estimate of drug-likeness (QED) is 0.851. The lowest BCUT2D eigenvalue weighted by atomic mass is 10.1. The fourth-order valence-corrected chi connectivity index (χ4v) is 1.70. The first-order valence-electron chi connectivity index (χ1n) is 6.05. The van der Waals surface area contributed by atoms with Gasteiger partial charge < -0.3 is 5.32 Å². The van der Waals surface area contributed by atoms with Crippen LogP contribution in [0.5, 0.6) is 0 Å². The molecule has 0 aromatic heterocycles. The standard InChI is InChI=1S/C16H15NO2/c1-11-3-5-14(6-4-11)16(19)17-15-9-7-13(8-10-15)12(2)18/h3-10H,1-2H3,(H,17,19). The van der Waals surface area contributed by atoms with Gasteiger partial charge >= 0.3 is 0 Å². The maximum absolute atomic E-state index is 12.0. The molecule has 0 aliphatic carbocycles. The van der Waals surface area contributed by atoms with Gasteiger partial charge in [0.2, 0.25) is 0 Å². The third-order valence-corrected chi connectivity index (χ3v) is 2.86. The largest absolute Gasteiger partial charge is 0.322 e. The minimum Gasteiger partial charge on any atom is -0.322 e. The van der Waals surface area contributed by atoms with Crippen molar-refractivity contribution in [3.8, 4) is 0 Å². The topological polar surface area (TPSA) is 46.2 Å². The highest BCUT2D eigenvalue weighted by Gasteiger charge is 2.06. The van der Waals surface area contributed by atoms with Crippen molar-refractivity contribution in [1.82, 2.24) is 0 Å². The average Bonchev–Trinajstić information content (AvgIpc) is 2.40. The lowest BCUT2D eigenvalue weighted by Gasteiger charge is -2.06. The second-order valence-electron chi connectivity index (χ2n) is 4.45. The Kier molecular flexibility index (Phi) is 3.76. The van der Waals surface area contributed by atoms with Crippen molar-refractivity contribution in [2.45, 2.75) is 13.8 Å². The molecule has 0 atom stereocenters. The molecule has 96 valence electrons. The summed E-state index contributed by atoms with van der Waals surface area (Å²) >= 11 is 0. The molecule has 0 spiro atoms. The third kappa shape index (κ3) is 3.28. The van der Waals surface area contributed by atoms with Crippen LogP contribution in [0.4, 0.5) is 5.69 Å². The van der Waals surface area contributed by atoms with E-state index in [-0.39, 0.29) is 11.7 Å². The van der Waals surface area contributed by atoms with E-state index in [1.54, 1.807) is 36.4 Å². The summed E-state index contributed by atoms with van der Waals surface area (Å²) in [5.74, 6) is -0.146. The first kappa shape index (κ1) is 13.0. The Bertz CT molecular complexity index is 598. The summed E-state index contributed by atoms with van der Waals surface area (Å²) in [6, 6.07) is 14.2. The zero-order valence-electron chi connectivity index (χ0n) is 10.9. The molecule has 0 heterocycles. The van der Waals surface area contributed by atoms with E-state index >= 15 is 0 Å². The zero-order chi connectivity index (χ0) is 13.8. The Balaban J connectivity index is 2.10. The van der Waals surface area contributed by atoms with E-state index in [0.29, 0.717) is 16.8 Å². The minimum absolute atomic E-state index is 0.0106. The van der Waals surface area contributed by atoms with Gasteiger partial charge in [-0.1, -0.05) is 17.7 Å². The number of hydrogen-bond donors (Lipinski definition) is 1. The van der Waals surface area contributed by atoms with Crippen LogP contribution in [0.3, 0.4) is 0 Å². The summed E-state index contributed by atoms with van der Waals surface area (Å²) in [5, 5.41) is 2.79. The average molecular weight is 253 g/mol. The van der Waals surface area contributed by atoms with Gasteiger partial charge in [-0.25, -0.2) is 0 Å². The number of amides is 1. The number of aryl methyl sites for hydroxylation is 1. The van der Waals surface area contributed by atoms with Gasteiger partial charge in [-0.05, 0) is 50.2 Å². The van der Waals surface area contributed by atoms with E-state index in [0.717, 1.165) is 5.56 Å². The molecule has 0 saturated heterocycles. The van der Waals surface area contributed by atoms with Gasteiger partial charge in [-0.2, -0.15) is 0 Å². The molecule has 0 radical (unpaired) electrons. The normalized spacial score (nSPS) is 10.0. The molecule has 0 saturated carbocycles. The van der Waals surface area contributed by atoms with Crippen LogP contribution >= 0.6 is 0 Å². The van der Waals surface area contributed by atoms with Crippen molar-refractivity contribution in [2.24, 2.45) is 0 Å². The van der Waals surface area contributed by atoms with Crippen LogP contribution in [0.2, 0.25) is 0 Å². The molecule has 2 rings (SSSR count). The van der Waals surface area contributed by atoms with Crippen LogP contribution < -0.4 is 5.32 Å². The van der Waals surface area contributed by atoms with Crippen molar-refractivity contribution < 1.29 is 9.59 Å². The molecule has 3 nitrogen and oxygen atoms in total.